The molecule has 0 spiro atoms. The molecule has 1 N–H and O–H groups in total. The number of benzene rings is 1. The Morgan fingerprint density at radius 3 is 2.53 bits per heavy atom. The second kappa shape index (κ2) is 4.13. The first kappa shape index (κ1) is 9.71. The number of aromatic nitrogens is 1. The summed E-state index contributed by atoms with van der Waals surface area (Å²) < 4.78 is 0. The lowest BCUT2D eigenvalue weighted by atomic mass is 10.0. The lowest BCUT2D eigenvalue weighted by molar-refractivity contribution is 0.471. The third-order valence-corrected chi connectivity index (χ3v) is 2.49. The highest BCUT2D eigenvalue weighted by Crippen LogP contribution is 2.31. The number of hydrogen-bond acceptors (Lipinski definition) is 2. The zero-order chi connectivity index (χ0) is 10.7. The molecule has 0 aliphatic carbocycles. The van der Waals surface area contributed by atoms with Crippen LogP contribution in [0.25, 0.3) is 11.1 Å². The van der Waals surface area contributed by atoms with Crippen molar-refractivity contribution in [1.29, 1.82) is 0 Å². The van der Waals surface area contributed by atoms with E-state index in [4.69, 9.17) is 0 Å². The van der Waals surface area contributed by atoms with Gasteiger partial charge in [-0.3, -0.25) is 4.98 Å². The Bertz CT molecular complexity index is 451. The Kier molecular flexibility index (Phi) is 2.68. The molecule has 1 aromatic carbocycles. The van der Waals surface area contributed by atoms with Crippen LogP contribution in [-0.4, -0.2) is 10.1 Å². The summed E-state index contributed by atoms with van der Waals surface area (Å²) in [6.07, 6.45) is 4.30. The van der Waals surface area contributed by atoms with Crippen LogP contribution in [0.4, 0.5) is 0 Å². The SMILES string of the molecule is CCc1cccc(-c2ccncc2)c1O. The fourth-order valence-electron chi connectivity index (χ4n) is 1.64. The van der Waals surface area contributed by atoms with E-state index in [9.17, 15) is 5.11 Å². The van der Waals surface area contributed by atoms with Crippen molar-refractivity contribution in [3.8, 4) is 16.9 Å². The molecule has 2 nitrogen and oxygen atoms in total. The maximum atomic E-state index is 10.0. The Labute approximate surface area is 89.2 Å². The number of rotatable bonds is 2. The van der Waals surface area contributed by atoms with Gasteiger partial charge in [-0.05, 0) is 29.7 Å². The van der Waals surface area contributed by atoms with Crippen molar-refractivity contribution >= 4 is 0 Å². The van der Waals surface area contributed by atoms with E-state index in [1.54, 1.807) is 12.4 Å². The van der Waals surface area contributed by atoms with E-state index in [2.05, 4.69) is 4.98 Å². The highest BCUT2D eigenvalue weighted by molar-refractivity contribution is 5.71. The first-order chi connectivity index (χ1) is 7.33. The molecule has 2 aromatic rings. The summed E-state index contributed by atoms with van der Waals surface area (Å²) in [6, 6.07) is 9.63. The fourth-order valence-corrected chi connectivity index (χ4v) is 1.64. The van der Waals surface area contributed by atoms with Crippen LogP contribution < -0.4 is 0 Å². The van der Waals surface area contributed by atoms with Crippen molar-refractivity contribution < 1.29 is 5.11 Å². The molecular weight excluding hydrogens is 186 g/mol. The molecule has 2 rings (SSSR count). The summed E-state index contributed by atoms with van der Waals surface area (Å²) in [7, 11) is 0. The smallest absolute Gasteiger partial charge is 0.126 e. The summed E-state index contributed by atoms with van der Waals surface area (Å²) in [6.45, 7) is 2.03. The molecule has 76 valence electrons. The van der Waals surface area contributed by atoms with Crippen LogP contribution in [0.1, 0.15) is 12.5 Å². The van der Waals surface area contributed by atoms with Crippen molar-refractivity contribution in [2.75, 3.05) is 0 Å². The molecule has 0 aliphatic rings. The zero-order valence-electron chi connectivity index (χ0n) is 8.64. The molecule has 0 atom stereocenters. The largest absolute Gasteiger partial charge is 0.507 e. The summed E-state index contributed by atoms with van der Waals surface area (Å²) in [5, 5.41) is 10.0. The van der Waals surface area contributed by atoms with Crippen LogP contribution in [0.5, 0.6) is 5.75 Å². The summed E-state index contributed by atoms with van der Waals surface area (Å²) in [5.41, 5.74) is 2.85. The lowest BCUT2D eigenvalue weighted by Crippen LogP contribution is -1.85. The summed E-state index contributed by atoms with van der Waals surface area (Å²) in [4.78, 5) is 3.96. The molecule has 0 fully saturated rings. The van der Waals surface area contributed by atoms with Gasteiger partial charge >= 0.3 is 0 Å². The van der Waals surface area contributed by atoms with Crippen molar-refractivity contribution in [2.24, 2.45) is 0 Å². The van der Waals surface area contributed by atoms with Crippen molar-refractivity contribution in [3.05, 3.63) is 48.3 Å². The third-order valence-electron chi connectivity index (χ3n) is 2.49. The van der Waals surface area contributed by atoms with Gasteiger partial charge < -0.3 is 5.11 Å². The average Bonchev–Trinajstić information content (AvgIpc) is 2.30. The topological polar surface area (TPSA) is 33.1 Å². The molecule has 0 bridgehead atoms. The molecule has 0 amide bonds. The van der Waals surface area contributed by atoms with Crippen molar-refractivity contribution in [2.45, 2.75) is 13.3 Å². The van der Waals surface area contributed by atoms with Gasteiger partial charge in [0.1, 0.15) is 5.75 Å². The fraction of sp³-hybridized carbons (Fsp3) is 0.154. The quantitative estimate of drug-likeness (QED) is 0.806. The number of phenols is 1. The third kappa shape index (κ3) is 1.84. The number of pyridine rings is 1. The number of phenolic OH excluding ortho intramolecular Hbond substituents is 1. The number of para-hydroxylation sites is 1. The minimum atomic E-state index is 0.381. The van der Waals surface area contributed by atoms with Gasteiger partial charge in [0, 0.05) is 18.0 Å². The van der Waals surface area contributed by atoms with Crippen molar-refractivity contribution in [1.82, 2.24) is 4.98 Å². The van der Waals surface area contributed by atoms with Gasteiger partial charge in [0.05, 0.1) is 0 Å². The summed E-state index contributed by atoms with van der Waals surface area (Å²) >= 11 is 0. The van der Waals surface area contributed by atoms with Gasteiger partial charge in [0.25, 0.3) is 0 Å². The molecule has 0 saturated carbocycles. The predicted molar refractivity (Wildman–Crippen MR) is 60.7 cm³/mol. The van der Waals surface area contributed by atoms with Crippen molar-refractivity contribution in [3.63, 3.8) is 0 Å². The van der Waals surface area contributed by atoms with Gasteiger partial charge in [0.15, 0.2) is 0 Å². The maximum Gasteiger partial charge on any atom is 0.126 e. The predicted octanol–water partition coefficient (Wildman–Crippen LogP) is 3.02. The van der Waals surface area contributed by atoms with Crippen LogP contribution in [0.15, 0.2) is 42.7 Å². The molecule has 0 saturated heterocycles. The van der Waals surface area contributed by atoms with Crippen LogP contribution in [0.3, 0.4) is 0 Å². The molecule has 0 radical (unpaired) electrons. The van der Waals surface area contributed by atoms with E-state index in [0.717, 1.165) is 23.1 Å². The average molecular weight is 199 g/mol. The highest BCUT2D eigenvalue weighted by Gasteiger charge is 2.06. The first-order valence-electron chi connectivity index (χ1n) is 5.04. The zero-order valence-corrected chi connectivity index (χ0v) is 8.64. The van der Waals surface area contributed by atoms with Crippen LogP contribution in [0.2, 0.25) is 0 Å². The Hall–Kier alpha value is -1.83. The van der Waals surface area contributed by atoms with Crippen LogP contribution in [-0.2, 0) is 6.42 Å². The van der Waals surface area contributed by atoms with E-state index in [0.29, 0.717) is 5.75 Å². The van der Waals surface area contributed by atoms with Crippen LogP contribution in [0, 0.1) is 0 Å². The standard InChI is InChI=1S/C13H13NO/c1-2-10-4-3-5-12(13(10)15)11-6-8-14-9-7-11/h3-9,15H,2H2,1H3. The number of aryl methyl sites for hydroxylation is 1. The van der Waals surface area contributed by atoms with E-state index in [1.807, 2.05) is 37.3 Å². The number of nitrogens with zero attached hydrogens (tertiary/aromatic N) is 1. The molecular formula is C13H13NO. The first-order valence-corrected chi connectivity index (χ1v) is 5.04. The summed E-state index contributed by atoms with van der Waals surface area (Å²) in [5.74, 6) is 0.381. The van der Waals surface area contributed by atoms with E-state index in [-0.39, 0.29) is 0 Å². The number of hydrogen-bond donors (Lipinski definition) is 1. The van der Waals surface area contributed by atoms with Gasteiger partial charge in [-0.15, -0.1) is 0 Å². The highest BCUT2D eigenvalue weighted by atomic mass is 16.3. The molecule has 2 heteroatoms. The second-order valence-corrected chi connectivity index (χ2v) is 3.40. The Balaban J connectivity index is 2.54. The normalized spacial score (nSPS) is 10.2. The van der Waals surface area contributed by atoms with Gasteiger partial charge in [0.2, 0.25) is 0 Å². The van der Waals surface area contributed by atoms with E-state index < -0.39 is 0 Å². The van der Waals surface area contributed by atoms with Gasteiger partial charge in [-0.25, -0.2) is 0 Å². The van der Waals surface area contributed by atoms with E-state index in [1.165, 1.54) is 0 Å². The monoisotopic (exact) mass is 199 g/mol. The molecule has 1 heterocycles. The Morgan fingerprint density at radius 1 is 1.13 bits per heavy atom. The van der Waals surface area contributed by atoms with Crippen LogP contribution >= 0.6 is 0 Å². The maximum absolute atomic E-state index is 10.0. The molecule has 0 unspecified atom stereocenters. The molecule has 15 heavy (non-hydrogen) atoms. The minimum Gasteiger partial charge on any atom is -0.507 e. The second-order valence-electron chi connectivity index (χ2n) is 3.40. The van der Waals surface area contributed by atoms with Gasteiger partial charge in [-0.1, -0.05) is 25.1 Å². The van der Waals surface area contributed by atoms with Gasteiger partial charge in [-0.2, -0.15) is 0 Å². The van der Waals surface area contributed by atoms with E-state index >= 15 is 0 Å². The Morgan fingerprint density at radius 2 is 1.87 bits per heavy atom. The molecule has 1 aromatic heterocycles. The number of aromatic hydroxyl groups is 1. The molecule has 0 aliphatic heterocycles. The lowest BCUT2D eigenvalue weighted by Gasteiger charge is -2.07. The minimum absolute atomic E-state index is 0.381.